The van der Waals surface area contributed by atoms with Crippen LogP contribution in [-0.4, -0.2) is 63.6 Å². The highest BCUT2D eigenvalue weighted by molar-refractivity contribution is 5.78. The zero-order valence-electron chi connectivity index (χ0n) is 18.6. The van der Waals surface area contributed by atoms with Gasteiger partial charge < -0.3 is 9.64 Å². The highest BCUT2D eigenvalue weighted by atomic mass is 19.4. The second-order valence-electron chi connectivity index (χ2n) is 10.2. The van der Waals surface area contributed by atoms with Crippen LogP contribution in [0.3, 0.4) is 0 Å². The van der Waals surface area contributed by atoms with Crippen LogP contribution in [0.4, 0.5) is 13.2 Å². The van der Waals surface area contributed by atoms with Crippen molar-refractivity contribution >= 4 is 11.9 Å². The summed E-state index contributed by atoms with van der Waals surface area (Å²) in [5.41, 5.74) is 0.0899. The highest BCUT2D eigenvalue weighted by Gasteiger charge is 2.59. The number of fused-ring (bicyclic) bond motifs is 2. The molecule has 0 aliphatic carbocycles. The summed E-state index contributed by atoms with van der Waals surface area (Å²) < 4.78 is 45.2. The van der Waals surface area contributed by atoms with Crippen LogP contribution in [-0.2, 0) is 20.9 Å². The first kappa shape index (κ1) is 23.0. The fraction of sp³-hybridized carbons (Fsp3) is 0.696. The van der Waals surface area contributed by atoms with Crippen LogP contribution in [0.5, 0.6) is 0 Å². The van der Waals surface area contributed by atoms with E-state index < -0.39 is 42.0 Å². The molecule has 0 saturated carbocycles. The molecule has 0 aromatic carbocycles. The van der Waals surface area contributed by atoms with E-state index in [1.807, 2.05) is 18.2 Å². The monoisotopic (exact) mass is 453 g/mol. The van der Waals surface area contributed by atoms with E-state index in [-0.39, 0.29) is 24.5 Å². The minimum Gasteiger partial charge on any atom is -0.458 e. The van der Waals surface area contributed by atoms with Gasteiger partial charge in [-0.3, -0.25) is 19.5 Å². The Morgan fingerprint density at radius 3 is 2.50 bits per heavy atom. The molecule has 0 radical (unpaired) electrons. The fourth-order valence-electron chi connectivity index (χ4n) is 5.42. The zero-order valence-corrected chi connectivity index (χ0v) is 18.6. The summed E-state index contributed by atoms with van der Waals surface area (Å²) in [6.45, 7) is 6.01. The third kappa shape index (κ3) is 4.63. The number of amides is 1. The number of pyridine rings is 1. The first-order valence-corrected chi connectivity index (χ1v) is 11.2. The summed E-state index contributed by atoms with van der Waals surface area (Å²) in [7, 11) is 0. The van der Waals surface area contributed by atoms with Gasteiger partial charge in [-0.2, -0.15) is 13.2 Å². The van der Waals surface area contributed by atoms with Gasteiger partial charge in [-0.05, 0) is 58.1 Å². The van der Waals surface area contributed by atoms with Gasteiger partial charge in [0.25, 0.3) is 0 Å². The van der Waals surface area contributed by atoms with Gasteiger partial charge in [-0.25, -0.2) is 0 Å². The zero-order chi connectivity index (χ0) is 23.3. The highest BCUT2D eigenvalue weighted by Crippen LogP contribution is 2.47. The minimum absolute atomic E-state index is 0.154. The topological polar surface area (TPSA) is 62.7 Å². The van der Waals surface area contributed by atoms with Crippen molar-refractivity contribution in [2.45, 2.75) is 83.4 Å². The first-order chi connectivity index (χ1) is 14.9. The molecule has 1 aromatic rings. The maximum absolute atomic E-state index is 13.1. The molecule has 3 aliphatic heterocycles. The number of hydrogen-bond acceptors (Lipinski definition) is 5. The molecule has 9 heteroatoms. The van der Waals surface area contributed by atoms with Gasteiger partial charge in [-0.1, -0.05) is 6.07 Å². The molecule has 5 unspecified atom stereocenters. The van der Waals surface area contributed by atoms with Gasteiger partial charge in [0.2, 0.25) is 5.91 Å². The Morgan fingerprint density at radius 2 is 1.88 bits per heavy atom. The average molecular weight is 454 g/mol. The normalized spacial score (nSPS) is 30.3. The molecule has 6 nitrogen and oxygen atoms in total. The third-order valence-corrected chi connectivity index (χ3v) is 6.85. The molecule has 3 fully saturated rings. The molecule has 32 heavy (non-hydrogen) atoms. The molecule has 0 N–H and O–H groups in total. The molecule has 1 amide bonds. The number of carbonyl (C=O) groups is 2. The van der Waals surface area contributed by atoms with Crippen LogP contribution in [0.15, 0.2) is 24.4 Å². The first-order valence-electron chi connectivity index (χ1n) is 11.2. The number of alkyl halides is 3. The molecule has 176 valence electrons. The second-order valence-corrected chi connectivity index (χ2v) is 10.2. The van der Waals surface area contributed by atoms with Crippen LogP contribution in [0, 0.1) is 11.3 Å². The van der Waals surface area contributed by atoms with Crippen molar-refractivity contribution in [3.63, 3.8) is 0 Å². The van der Waals surface area contributed by atoms with Crippen molar-refractivity contribution < 1.29 is 27.5 Å². The van der Waals surface area contributed by atoms with E-state index in [1.54, 1.807) is 27.0 Å². The molecule has 5 atom stereocenters. The smallest absolute Gasteiger partial charge is 0.397 e. The quantitative estimate of drug-likeness (QED) is 0.653. The van der Waals surface area contributed by atoms with E-state index in [0.29, 0.717) is 13.0 Å². The molecule has 3 aliphatic rings. The number of likely N-dealkylation sites (tertiary alicyclic amines) is 1. The van der Waals surface area contributed by atoms with E-state index in [9.17, 15) is 22.8 Å². The van der Waals surface area contributed by atoms with Gasteiger partial charge in [0.1, 0.15) is 12.5 Å². The number of esters is 1. The number of aromatic nitrogens is 1. The van der Waals surface area contributed by atoms with Gasteiger partial charge in [0.05, 0.1) is 17.2 Å². The maximum atomic E-state index is 13.1. The van der Waals surface area contributed by atoms with Crippen molar-refractivity contribution in [3.8, 4) is 0 Å². The number of carbonyl (C=O) groups excluding carboxylic acids is 2. The van der Waals surface area contributed by atoms with Crippen LogP contribution in [0.25, 0.3) is 0 Å². The minimum atomic E-state index is -4.58. The third-order valence-electron chi connectivity index (χ3n) is 6.85. The number of ether oxygens (including phenoxy) is 1. The fourth-order valence-corrected chi connectivity index (χ4v) is 5.42. The molecular formula is C23H30F3N3O3. The Morgan fingerprint density at radius 1 is 1.16 bits per heavy atom. The Bertz CT molecular complexity index is 856. The van der Waals surface area contributed by atoms with Crippen LogP contribution >= 0.6 is 0 Å². The van der Waals surface area contributed by atoms with Crippen molar-refractivity contribution in [2.75, 3.05) is 6.54 Å². The number of halogens is 3. The molecule has 4 heterocycles. The Labute approximate surface area is 186 Å². The van der Waals surface area contributed by atoms with Crippen molar-refractivity contribution in [2.24, 2.45) is 11.3 Å². The van der Waals surface area contributed by atoms with Gasteiger partial charge in [-0.15, -0.1) is 0 Å². The van der Waals surface area contributed by atoms with Crippen molar-refractivity contribution in [3.05, 3.63) is 30.1 Å². The summed E-state index contributed by atoms with van der Waals surface area (Å²) in [5, 5.41) is 0. The van der Waals surface area contributed by atoms with E-state index in [0.717, 1.165) is 18.5 Å². The van der Waals surface area contributed by atoms with Crippen molar-refractivity contribution in [1.82, 2.24) is 14.8 Å². The Balaban J connectivity index is 1.68. The number of hydrogen-bond donors (Lipinski definition) is 0. The lowest BCUT2D eigenvalue weighted by Gasteiger charge is -2.38. The Hall–Kier alpha value is -2.16. The molecule has 3 saturated heterocycles. The lowest BCUT2D eigenvalue weighted by molar-refractivity contribution is -0.171. The molecule has 4 rings (SSSR count). The summed E-state index contributed by atoms with van der Waals surface area (Å²) in [5.74, 6) is -1.06. The maximum Gasteiger partial charge on any atom is 0.397 e. The summed E-state index contributed by atoms with van der Waals surface area (Å²) in [6.07, 6.45) is -2.79. The predicted octanol–water partition coefficient (Wildman–Crippen LogP) is 3.56. The van der Waals surface area contributed by atoms with E-state index in [4.69, 9.17) is 4.74 Å². The van der Waals surface area contributed by atoms with Gasteiger partial charge in [0, 0.05) is 31.4 Å². The number of nitrogens with zero attached hydrogens (tertiary/aromatic N) is 3. The second kappa shape index (κ2) is 8.32. The largest absolute Gasteiger partial charge is 0.458 e. The molecule has 0 spiro atoms. The molecular weight excluding hydrogens is 423 g/mol. The average Bonchev–Trinajstić information content (AvgIpc) is 2.81. The number of rotatable bonds is 4. The van der Waals surface area contributed by atoms with Crippen LogP contribution in [0.1, 0.15) is 52.1 Å². The summed E-state index contributed by atoms with van der Waals surface area (Å²) >= 11 is 0. The molecule has 3 bridgehead atoms. The van der Waals surface area contributed by atoms with Crippen molar-refractivity contribution in [1.29, 1.82) is 0 Å². The number of piperidine rings is 1. The Kier molecular flexibility index (Phi) is 5.98. The lowest BCUT2D eigenvalue weighted by atomic mass is 9.88. The van der Waals surface area contributed by atoms with Gasteiger partial charge >= 0.3 is 12.1 Å². The van der Waals surface area contributed by atoms with E-state index in [1.165, 1.54) is 4.90 Å². The summed E-state index contributed by atoms with van der Waals surface area (Å²) in [4.78, 5) is 33.5. The lowest BCUT2D eigenvalue weighted by Crippen LogP contribution is -2.53. The van der Waals surface area contributed by atoms with Gasteiger partial charge in [0.15, 0.2) is 0 Å². The van der Waals surface area contributed by atoms with E-state index in [2.05, 4.69) is 9.88 Å². The standard InChI is InChI=1S/C23H30F3N3O3/c1-22(2,3)21(31)32-20-17-11-14-7-9-28(18(30)12-23(24,25)26)19(20)16(10-14)29(17)13-15-6-4-5-8-27-15/h4-6,8,14,16-17,19-20H,7,9-13H2,1-3H3. The SMILES string of the molecule is CC(C)(C)C(=O)OC1C2C3CC(CCN2C(=O)CC(F)(F)F)CC1N3Cc1ccccn1. The predicted molar refractivity (Wildman–Crippen MR) is 110 cm³/mol. The van der Waals surface area contributed by atoms with Crippen LogP contribution in [0.2, 0.25) is 0 Å². The molecule has 1 aromatic heterocycles. The van der Waals surface area contributed by atoms with Crippen LogP contribution < -0.4 is 0 Å². The van der Waals surface area contributed by atoms with E-state index >= 15 is 0 Å². The summed E-state index contributed by atoms with van der Waals surface area (Å²) in [6, 6.07) is 4.72.